The zero-order chi connectivity index (χ0) is 16.4. The molecule has 2 heterocycles. The van der Waals surface area contributed by atoms with Crippen LogP contribution in [0, 0.1) is 19.8 Å². The van der Waals surface area contributed by atoms with Gasteiger partial charge in [0.05, 0.1) is 10.7 Å². The molecule has 1 N–H and O–H groups in total. The zero-order valence-electron chi connectivity index (χ0n) is 13.9. The van der Waals surface area contributed by atoms with E-state index in [1.165, 1.54) is 16.9 Å². The number of aromatic nitrogens is 1. The molecule has 1 fully saturated rings. The van der Waals surface area contributed by atoms with Crippen molar-refractivity contribution in [1.82, 2.24) is 15.2 Å². The van der Waals surface area contributed by atoms with Gasteiger partial charge >= 0.3 is 0 Å². The van der Waals surface area contributed by atoms with Gasteiger partial charge in [-0.3, -0.25) is 9.69 Å². The summed E-state index contributed by atoms with van der Waals surface area (Å²) in [6.07, 6.45) is 0. The number of thiazole rings is 1. The first-order valence-electron chi connectivity index (χ1n) is 8.04. The van der Waals surface area contributed by atoms with Crippen molar-refractivity contribution in [2.24, 2.45) is 5.92 Å². The third-order valence-corrected chi connectivity index (χ3v) is 5.43. The van der Waals surface area contributed by atoms with Crippen LogP contribution in [0.4, 0.5) is 0 Å². The van der Waals surface area contributed by atoms with Crippen molar-refractivity contribution in [1.29, 1.82) is 0 Å². The van der Waals surface area contributed by atoms with Crippen LogP contribution in [0.2, 0.25) is 0 Å². The lowest BCUT2D eigenvalue weighted by Gasteiger charge is -2.17. The van der Waals surface area contributed by atoms with Gasteiger partial charge in [0.2, 0.25) is 0 Å². The topological polar surface area (TPSA) is 45.2 Å². The van der Waals surface area contributed by atoms with E-state index in [0.29, 0.717) is 5.92 Å². The minimum absolute atomic E-state index is 0.0199. The van der Waals surface area contributed by atoms with Crippen LogP contribution >= 0.6 is 11.3 Å². The first-order valence-corrected chi connectivity index (χ1v) is 8.85. The summed E-state index contributed by atoms with van der Waals surface area (Å²) >= 11 is 1.47. The molecule has 2 unspecified atom stereocenters. The Balaban J connectivity index is 1.61. The van der Waals surface area contributed by atoms with Gasteiger partial charge in [0.15, 0.2) is 0 Å². The number of rotatable bonds is 4. The maximum absolute atomic E-state index is 12.5. The molecule has 5 heteroatoms. The molecule has 0 spiro atoms. The highest BCUT2D eigenvalue weighted by molar-refractivity contribution is 7.13. The maximum Gasteiger partial charge on any atom is 0.263 e. The molecule has 1 saturated heterocycles. The number of hydrogen-bond donors (Lipinski definition) is 1. The molecule has 1 aromatic heterocycles. The number of amides is 1. The summed E-state index contributed by atoms with van der Waals surface area (Å²) in [4.78, 5) is 20.0. The number of carbonyl (C=O) groups excluding carboxylic acids is 1. The number of likely N-dealkylation sites (tertiary alicyclic amines) is 1. The van der Waals surface area contributed by atoms with Crippen molar-refractivity contribution in [2.45, 2.75) is 33.4 Å². The van der Waals surface area contributed by atoms with Crippen LogP contribution in [0.15, 0.2) is 30.3 Å². The first kappa shape index (κ1) is 16.1. The number of carbonyl (C=O) groups is 1. The molecule has 23 heavy (non-hydrogen) atoms. The Hall–Kier alpha value is -1.72. The van der Waals surface area contributed by atoms with Gasteiger partial charge in [-0.15, -0.1) is 11.3 Å². The molecule has 0 aliphatic carbocycles. The molecule has 1 aromatic carbocycles. The van der Waals surface area contributed by atoms with E-state index < -0.39 is 0 Å². The summed E-state index contributed by atoms with van der Waals surface area (Å²) < 4.78 is 0. The van der Waals surface area contributed by atoms with E-state index in [1.54, 1.807) is 0 Å². The fourth-order valence-electron chi connectivity index (χ4n) is 3.20. The first-order chi connectivity index (χ1) is 11.0. The lowest BCUT2D eigenvalue weighted by Crippen LogP contribution is -2.39. The van der Waals surface area contributed by atoms with Gasteiger partial charge in [-0.25, -0.2) is 4.98 Å². The van der Waals surface area contributed by atoms with E-state index in [1.807, 2.05) is 19.9 Å². The van der Waals surface area contributed by atoms with Crippen molar-refractivity contribution < 1.29 is 4.79 Å². The number of aryl methyl sites for hydroxylation is 2. The Kier molecular flexibility index (Phi) is 4.78. The summed E-state index contributed by atoms with van der Waals surface area (Å²) in [5.74, 6) is 0.475. The fourth-order valence-corrected chi connectivity index (χ4v) is 4.02. The molecular weight excluding hydrogens is 306 g/mol. The number of nitrogens with zero attached hydrogens (tertiary/aromatic N) is 2. The molecule has 4 nitrogen and oxygen atoms in total. The monoisotopic (exact) mass is 329 g/mol. The molecule has 0 radical (unpaired) electrons. The smallest absolute Gasteiger partial charge is 0.263 e. The van der Waals surface area contributed by atoms with Crippen molar-refractivity contribution in [3.8, 4) is 0 Å². The highest BCUT2D eigenvalue weighted by atomic mass is 32.1. The van der Waals surface area contributed by atoms with Crippen LogP contribution in [0.1, 0.15) is 32.9 Å². The molecule has 1 aliphatic heterocycles. The van der Waals surface area contributed by atoms with E-state index in [2.05, 4.69) is 46.4 Å². The van der Waals surface area contributed by atoms with Gasteiger partial charge in [-0.2, -0.15) is 0 Å². The molecule has 3 rings (SSSR count). The predicted octanol–water partition coefficient (Wildman–Crippen LogP) is 3.01. The number of nitrogens with one attached hydrogen (secondary N) is 1. The lowest BCUT2D eigenvalue weighted by atomic mass is 10.1. The van der Waals surface area contributed by atoms with E-state index in [9.17, 15) is 4.79 Å². The second-order valence-electron chi connectivity index (χ2n) is 6.38. The standard InChI is InChI=1S/C18H23N3OS/c1-12-9-21(10-15-7-5-4-6-8-15)11-16(12)20-18(22)17-13(2)19-14(3)23-17/h4-8,12,16H,9-11H2,1-3H3,(H,20,22). The maximum atomic E-state index is 12.5. The second kappa shape index (κ2) is 6.81. The van der Waals surface area contributed by atoms with E-state index in [4.69, 9.17) is 0 Å². The van der Waals surface area contributed by atoms with Gasteiger partial charge in [0.1, 0.15) is 4.88 Å². The van der Waals surface area contributed by atoms with Crippen molar-refractivity contribution in [3.05, 3.63) is 51.5 Å². The predicted molar refractivity (Wildman–Crippen MR) is 93.7 cm³/mol. The molecule has 2 aromatic rings. The van der Waals surface area contributed by atoms with Crippen LogP contribution < -0.4 is 5.32 Å². The average Bonchev–Trinajstić information content (AvgIpc) is 3.02. The Labute approximate surface area is 141 Å². The van der Waals surface area contributed by atoms with E-state index in [-0.39, 0.29) is 11.9 Å². The SMILES string of the molecule is Cc1nc(C)c(C(=O)NC2CN(Cc3ccccc3)CC2C)s1. The van der Waals surface area contributed by atoms with Crippen LogP contribution in [0.25, 0.3) is 0 Å². The molecule has 2 atom stereocenters. The Bertz CT molecular complexity index is 683. The van der Waals surface area contributed by atoms with Crippen molar-refractivity contribution >= 4 is 17.2 Å². The highest BCUT2D eigenvalue weighted by Gasteiger charge is 2.31. The zero-order valence-corrected chi connectivity index (χ0v) is 14.7. The largest absolute Gasteiger partial charge is 0.347 e. The van der Waals surface area contributed by atoms with Crippen LogP contribution in [-0.2, 0) is 6.54 Å². The Morgan fingerprint density at radius 1 is 1.30 bits per heavy atom. The second-order valence-corrected chi connectivity index (χ2v) is 7.59. The molecule has 1 amide bonds. The lowest BCUT2D eigenvalue weighted by molar-refractivity contribution is 0.0934. The minimum atomic E-state index is 0.0199. The molecule has 1 aliphatic rings. The summed E-state index contributed by atoms with van der Waals surface area (Å²) in [7, 11) is 0. The normalized spacial score (nSPS) is 21.5. The van der Waals surface area contributed by atoms with Gasteiger partial charge in [0.25, 0.3) is 5.91 Å². The third-order valence-electron chi connectivity index (χ3n) is 4.36. The Morgan fingerprint density at radius 3 is 2.70 bits per heavy atom. The summed E-state index contributed by atoms with van der Waals surface area (Å²) in [6, 6.07) is 10.7. The number of benzene rings is 1. The minimum Gasteiger partial charge on any atom is -0.347 e. The van der Waals surface area contributed by atoms with E-state index >= 15 is 0 Å². The molecular formula is C18H23N3OS. The van der Waals surface area contributed by atoms with Gasteiger partial charge in [0, 0.05) is 25.7 Å². The average molecular weight is 329 g/mol. The van der Waals surface area contributed by atoms with Crippen molar-refractivity contribution in [3.63, 3.8) is 0 Å². The molecule has 122 valence electrons. The van der Waals surface area contributed by atoms with Crippen LogP contribution in [0.3, 0.4) is 0 Å². The summed E-state index contributed by atoms with van der Waals surface area (Å²) in [5, 5.41) is 4.15. The summed E-state index contributed by atoms with van der Waals surface area (Å²) in [5.41, 5.74) is 2.15. The van der Waals surface area contributed by atoms with Crippen LogP contribution in [-0.4, -0.2) is 34.9 Å². The quantitative estimate of drug-likeness (QED) is 0.938. The van der Waals surface area contributed by atoms with Gasteiger partial charge in [-0.05, 0) is 25.3 Å². The number of hydrogen-bond acceptors (Lipinski definition) is 4. The van der Waals surface area contributed by atoms with Gasteiger partial charge < -0.3 is 5.32 Å². The van der Waals surface area contributed by atoms with Crippen LogP contribution in [0.5, 0.6) is 0 Å². The molecule has 0 saturated carbocycles. The third kappa shape index (κ3) is 3.79. The van der Waals surface area contributed by atoms with Crippen molar-refractivity contribution in [2.75, 3.05) is 13.1 Å². The molecule has 0 bridgehead atoms. The fraction of sp³-hybridized carbons (Fsp3) is 0.444. The summed E-state index contributed by atoms with van der Waals surface area (Å²) in [6.45, 7) is 8.91. The van der Waals surface area contributed by atoms with Gasteiger partial charge in [-0.1, -0.05) is 37.3 Å². The Morgan fingerprint density at radius 2 is 2.04 bits per heavy atom. The highest BCUT2D eigenvalue weighted by Crippen LogP contribution is 2.21. The van der Waals surface area contributed by atoms with E-state index in [0.717, 1.165) is 35.2 Å².